The Balaban J connectivity index is 1.40. The van der Waals surface area contributed by atoms with Crippen LogP contribution in [-0.4, -0.2) is 45.0 Å². The Kier molecular flexibility index (Phi) is 16.1. The average Bonchev–Trinajstić information content (AvgIpc) is 3.14. The third-order valence-electron chi connectivity index (χ3n) is 8.05. The van der Waals surface area contributed by atoms with Crippen LogP contribution in [0.5, 0.6) is 23.0 Å². The second-order valence-electron chi connectivity index (χ2n) is 11.8. The maximum absolute atomic E-state index is 13.8. The highest BCUT2D eigenvalue weighted by Crippen LogP contribution is 2.37. The van der Waals surface area contributed by atoms with E-state index in [4.69, 9.17) is 28.4 Å². The minimum absolute atomic E-state index is 0.193. The summed E-state index contributed by atoms with van der Waals surface area (Å²) in [6, 6.07) is 25.9. The lowest BCUT2D eigenvalue weighted by atomic mass is 10.00. The van der Waals surface area contributed by atoms with Crippen LogP contribution in [0.25, 0.3) is 11.1 Å². The smallest absolute Gasteiger partial charge is 0.306 e. The maximum Gasteiger partial charge on any atom is 0.306 e. The van der Waals surface area contributed by atoms with Crippen molar-refractivity contribution in [1.29, 1.82) is 0 Å². The Labute approximate surface area is 300 Å². The summed E-state index contributed by atoms with van der Waals surface area (Å²) in [6.45, 7) is 7.89. The van der Waals surface area contributed by atoms with E-state index in [1.807, 2.05) is 54.6 Å². The summed E-state index contributed by atoms with van der Waals surface area (Å²) >= 11 is 0. The van der Waals surface area contributed by atoms with Gasteiger partial charge in [-0.2, -0.15) is 0 Å². The normalized spacial score (nSPS) is 10.7. The van der Waals surface area contributed by atoms with Crippen LogP contribution in [0.15, 0.2) is 84.9 Å². The van der Waals surface area contributed by atoms with E-state index < -0.39 is 0 Å². The summed E-state index contributed by atoms with van der Waals surface area (Å²) in [5.41, 5.74) is 4.56. The first-order chi connectivity index (χ1) is 24.9. The second-order valence-corrected chi connectivity index (χ2v) is 11.8. The third-order valence-corrected chi connectivity index (χ3v) is 8.05. The van der Waals surface area contributed by atoms with Crippen LogP contribution >= 0.6 is 0 Å². The Bertz CT molecular complexity index is 1660. The predicted octanol–water partition coefficient (Wildman–Crippen LogP) is 9.09. The standard InChI is InChI=1S/C42H49FO8/c1-4-32-28-36(33-19-21-34(43)22-20-33)40(51-30-31-14-8-7-9-15-31)29-39(32)50-27-13-26-49-38-17-12-16-37(35(38)23-24-42(45)47-6-3)48-25-11-10-18-41(44)46-5-2/h7-9,12,14-17,19-22,28-29H,4-6,10-11,13,18,23-27,30H2,1-3H3. The first kappa shape index (κ1) is 38.7. The Morgan fingerprint density at radius 1 is 0.608 bits per heavy atom. The van der Waals surface area contributed by atoms with E-state index in [0.717, 1.165) is 40.0 Å². The van der Waals surface area contributed by atoms with Gasteiger partial charge in [-0.25, -0.2) is 4.39 Å². The van der Waals surface area contributed by atoms with Gasteiger partial charge in [0.15, 0.2) is 0 Å². The summed E-state index contributed by atoms with van der Waals surface area (Å²) in [5.74, 6) is 1.86. The summed E-state index contributed by atoms with van der Waals surface area (Å²) in [5, 5.41) is 0. The topological polar surface area (TPSA) is 89.5 Å². The molecular formula is C42H49FO8. The molecule has 9 heteroatoms. The van der Waals surface area contributed by atoms with Gasteiger partial charge >= 0.3 is 11.9 Å². The summed E-state index contributed by atoms with van der Waals surface area (Å²) < 4.78 is 48.8. The molecule has 0 saturated heterocycles. The van der Waals surface area contributed by atoms with Gasteiger partial charge in [0.05, 0.1) is 33.0 Å². The van der Waals surface area contributed by atoms with Gasteiger partial charge in [-0.05, 0) is 86.6 Å². The molecule has 0 bridgehead atoms. The number of esters is 2. The number of carbonyl (C=O) groups excluding carboxylic acids is 2. The zero-order chi connectivity index (χ0) is 36.3. The van der Waals surface area contributed by atoms with Gasteiger partial charge in [0, 0.05) is 36.5 Å². The van der Waals surface area contributed by atoms with Crippen LogP contribution in [0.3, 0.4) is 0 Å². The molecule has 0 aliphatic rings. The zero-order valence-corrected chi connectivity index (χ0v) is 29.9. The molecular weight excluding hydrogens is 651 g/mol. The highest BCUT2D eigenvalue weighted by molar-refractivity contribution is 5.73. The van der Waals surface area contributed by atoms with Crippen LogP contribution in [0.1, 0.15) is 69.6 Å². The Morgan fingerprint density at radius 3 is 1.88 bits per heavy atom. The van der Waals surface area contributed by atoms with Gasteiger partial charge < -0.3 is 28.4 Å². The van der Waals surface area contributed by atoms with Crippen LogP contribution in [0.2, 0.25) is 0 Å². The molecule has 8 nitrogen and oxygen atoms in total. The van der Waals surface area contributed by atoms with E-state index in [2.05, 4.69) is 13.0 Å². The maximum atomic E-state index is 13.8. The van der Waals surface area contributed by atoms with Crippen LogP contribution in [-0.2, 0) is 38.5 Å². The average molecular weight is 701 g/mol. The van der Waals surface area contributed by atoms with E-state index in [0.29, 0.717) is 89.0 Å². The van der Waals surface area contributed by atoms with Crippen molar-refractivity contribution in [3.63, 3.8) is 0 Å². The summed E-state index contributed by atoms with van der Waals surface area (Å²) in [7, 11) is 0. The minimum atomic E-state index is -0.295. The number of carbonyl (C=O) groups is 2. The van der Waals surface area contributed by atoms with Crippen molar-refractivity contribution in [3.8, 4) is 34.1 Å². The summed E-state index contributed by atoms with van der Waals surface area (Å²) in [6.07, 6.45) is 3.61. The molecule has 0 heterocycles. The van der Waals surface area contributed by atoms with E-state index in [-0.39, 0.29) is 24.2 Å². The molecule has 0 spiro atoms. The van der Waals surface area contributed by atoms with Crippen LogP contribution in [0.4, 0.5) is 4.39 Å². The molecule has 4 rings (SSSR count). The fourth-order valence-electron chi connectivity index (χ4n) is 5.46. The molecule has 4 aromatic rings. The highest BCUT2D eigenvalue weighted by Gasteiger charge is 2.16. The van der Waals surface area contributed by atoms with Crippen molar-refractivity contribution >= 4 is 11.9 Å². The minimum Gasteiger partial charge on any atom is -0.493 e. The lowest BCUT2D eigenvalue weighted by molar-refractivity contribution is -0.144. The molecule has 0 unspecified atom stereocenters. The van der Waals surface area contributed by atoms with Gasteiger partial charge in [0.25, 0.3) is 0 Å². The predicted molar refractivity (Wildman–Crippen MR) is 195 cm³/mol. The Morgan fingerprint density at radius 2 is 1.24 bits per heavy atom. The number of hydrogen-bond donors (Lipinski definition) is 0. The van der Waals surface area contributed by atoms with E-state index in [9.17, 15) is 14.0 Å². The largest absolute Gasteiger partial charge is 0.493 e. The number of benzene rings is 4. The van der Waals surface area contributed by atoms with Crippen LogP contribution < -0.4 is 18.9 Å². The zero-order valence-electron chi connectivity index (χ0n) is 29.9. The number of rotatable bonds is 22. The number of hydrogen-bond acceptors (Lipinski definition) is 8. The first-order valence-electron chi connectivity index (χ1n) is 17.8. The quantitative estimate of drug-likeness (QED) is 0.0593. The van der Waals surface area contributed by atoms with Gasteiger partial charge in [-0.15, -0.1) is 0 Å². The van der Waals surface area contributed by atoms with Gasteiger partial charge in [0.2, 0.25) is 0 Å². The lowest BCUT2D eigenvalue weighted by Gasteiger charge is -2.18. The van der Waals surface area contributed by atoms with E-state index >= 15 is 0 Å². The molecule has 51 heavy (non-hydrogen) atoms. The molecule has 0 amide bonds. The van der Waals surface area contributed by atoms with Crippen molar-refractivity contribution in [2.75, 3.05) is 33.0 Å². The van der Waals surface area contributed by atoms with E-state index in [1.165, 1.54) is 12.1 Å². The number of aryl methyl sites for hydroxylation is 1. The monoisotopic (exact) mass is 700 g/mol. The molecule has 0 radical (unpaired) electrons. The molecule has 4 aromatic carbocycles. The molecule has 0 N–H and O–H groups in total. The van der Waals surface area contributed by atoms with Crippen molar-refractivity contribution in [1.82, 2.24) is 0 Å². The molecule has 0 saturated carbocycles. The molecule has 0 aromatic heterocycles. The third kappa shape index (κ3) is 12.7. The van der Waals surface area contributed by atoms with Gasteiger partial charge in [0.1, 0.15) is 35.4 Å². The van der Waals surface area contributed by atoms with Gasteiger partial charge in [-0.3, -0.25) is 9.59 Å². The SMILES string of the molecule is CCOC(=O)CCCCOc1cccc(OCCCOc2cc(OCc3ccccc3)c(-c3ccc(F)cc3)cc2CC)c1CCC(=O)OCC. The van der Waals surface area contributed by atoms with Crippen molar-refractivity contribution in [2.45, 2.75) is 72.3 Å². The molecule has 272 valence electrons. The van der Waals surface area contributed by atoms with Crippen molar-refractivity contribution in [2.24, 2.45) is 0 Å². The van der Waals surface area contributed by atoms with Crippen molar-refractivity contribution in [3.05, 3.63) is 107 Å². The highest BCUT2D eigenvalue weighted by atomic mass is 19.1. The molecule has 0 aliphatic carbocycles. The lowest BCUT2D eigenvalue weighted by Crippen LogP contribution is -2.10. The number of unbranched alkanes of at least 4 members (excludes halogenated alkanes) is 1. The van der Waals surface area contributed by atoms with E-state index in [1.54, 1.807) is 26.0 Å². The molecule has 0 atom stereocenters. The van der Waals surface area contributed by atoms with Gasteiger partial charge in [-0.1, -0.05) is 55.5 Å². The second kappa shape index (κ2) is 21.2. The number of halogens is 1. The number of ether oxygens (including phenoxy) is 6. The summed E-state index contributed by atoms with van der Waals surface area (Å²) in [4.78, 5) is 23.9. The molecule has 0 aliphatic heterocycles. The first-order valence-corrected chi connectivity index (χ1v) is 17.8. The van der Waals surface area contributed by atoms with Crippen molar-refractivity contribution < 1.29 is 42.4 Å². The Hall–Kier alpha value is -5.05. The van der Waals surface area contributed by atoms with Crippen LogP contribution in [0, 0.1) is 5.82 Å². The fraction of sp³-hybridized carbons (Fsp3) is 0.381. The fourth-order valence-corrected chi connectivity index (χ4v) is 5.46. The molecule has 0 fully saturated rings.